The number of fused-ring (bicyclic) bond motifs is 1. The molecule has 0 saturated carbocycles. The van der Waals surface area contributed by atoms with Gasteiger partial charge in [-0.2, -0.15) is 0 Å². The molecule has 0 amide bonds. The Morgan fingerprint density at radius 2 is 1.83 bits per heavy atom. The lowest BCUT2D eigenvalue weighted by Gasteiger charge is -2.17. The molecule has 0 aliphatic heterocycles. The average Bonchev–Trinajstić information content (AvgIpc) is 2.59. The Bertz CT molecular complexity index is 788. The van der Waals surface area contributed by atoms with Gasteiger partial charge in [-0.05, 0) is 42.2 Å². The number of Topliss-reactive ketones (excluding diaryl/α,β-unsaturated/α-hetero) is 1. The first-order valence-corrected chi connectivity index (χ1v) is 7.91. The van der Waals surface area contributed by atoms with Gasteiger partial charge in [-0.25, -0.2) is 0 Å². The predicted molar refractivity (Wildman–Crippen MR) is 91.3 cm³/mol. The van der Waals surface area contributed by atoms with Crippen LogP contribution in [0.3, 0.4) is 0 Å². The third kappa shape index (κ3) is 3.71. The molecule has 0 heterocycles. The summed E-state index contributed by atoms with van der Waals surface area (Å²) in [7, 11) is 0. The van der Waals surface area contributed by atoms with E-state index in [0.717, 1.165) is 35.1 Å². The topological polar surface area (TPSA) is 63.6 Å². The number of rotatable bonds is 5. The van der Waals surface area contributed by atoms with Crippen molar-refractivity contribution in [2.75, 3.05) is 6.61 Å². The van der Waals surface area contributed by atoms with Crippen molar-refractivity contribution in [1.82, 2.24) is 0 Å². The van der Waals surface area contributed by atoms with Crippen LogP contribution in [-0.2, 0) is 11.2 Å². The summed E-state index contributed by atoms with van der Waals surface area (Å²) >= 11 is 0. The molecule has 122 valence electrons. The molecule has 2 aromatic rings. The minimum absolute atomic E-state index is 0.0281. The SMILES string of the molecule is O=C(O)CCOc1ccc(/C=C2/CCc3ccccc3C2=O)cc1. The molecule has 0 spiro atoms. The van der Waals surface area contributed by atoms with Crippen LogP contribution in [0.5, 0.6) is 5.75 Å². The summed E-state index contributed by atoms with van der Waals surface area (Å²) in [6, 6.07) is 15.1. The summed E-state index contributed by atoms with van der Waals surface area (Å²) < 4.78 is 5.36. The second-order valence-electron chi connectivity index (χ2n) is 5.72. The second kappa shape index (κ2) is 7.13. The number of carbonyl (C=O) groups excluding carboxylic acids is 1. The van der Waals surface area contributed by atoms with Crippen LogP contribution in [0, 0.1) is 0 Å². The van der Waals surface area contributed by atoms with E-state index >= 15 is 0 Å². The van der Waals surface area contributed by atoms with Crippen molar-refractivity contribution >= 4 is 17.8 Å². The molecule has 0 aromatic heterocycles. The molecule has 3 rings (SSSR count). The van der Waals surface area contributed by atoms with Crippen molar-refractivity contribution in [2.24, 2.45) is 0 Å². The highest BCUT2D eigenvalue weighted by Crippen LogP contribution is 2.26. The lowest BCUT2D eigenvalue weighted by Crippen LogP contribution is -2.13. The summed E-state index contributed by atoms with van der Waals surface area (Å²) in [6.45, 7) is 0.144. The molecule has 1 aliphatic carbocycles. The van der Waals surface area contributed by atoms with Crippen LogP contribution in [0.2, 0.25) is 0 Å². The molecule has 4 heteroatoms. The fourth-order valence-electron chi connectivity index (χ4n) is 2.77. The van der Waals surface area contributed by atoms with E-state index in [2.05, 4.69) is 0 Å². The van der Waals surface area contributed by atoms with Gasteiger partial charge in [0.2, 0.25) is 0 Å². The lowest BCUT2D eigenvalue weighted by molar-refractivity contribution is -0.137. The summed E-state index contributed by atoms with van der Waals surface area (Å²) in [5.74, 6) is -0.162. The highest BCUT2D eigenvalue weighted by Gasteiger charge is 2.20. The van der Waals surface area contributed by atoms with Gasteiger partial charge in [-0.3, -0.25) is 9.59 Å². The molecule has 1 aliphatic rings. The number of carboxylic acid groups (broad SMARTS) is 1. The number of hydrogen-bond donors (Lipinski definition) is 1. The number of hydrogen-bond acceptors (Lipinski definition) is 3. The van der Waals surface area contributed by atoms with Gasteiger partial charge in [0.05, 0.1) is 13.0 Å². The first-order chi connectivity index (χ1) is 11.6. The summed E-state index contributed by atoms with van der Waals surface area (Å²) in [5.41, 5.74) is 3.65. The van der Waals surface area contributed by atoms with Gasteiger partial charge in [0, 0.05) is 11.1 Å². The van der Waals surface area contributed by atoms with E-state index in [1.165, 1.54) is 0 Å². The fourth-order valence-corrected chi connectivity index (χ4v) is 2.77. The van der Waals surface area contributed by atoms with Crippen LogP contribution in [0.1, 0.15) is 34.3 Å². The van der Waals surface area contributed by atoms with Crippen molar-refractivity contribution in [1.29, 1.82) is 0 Å². The highest BCUT2D eigenvalue weighted by atomic mass is 16.5. The first kappa shape index (κ1) is 16.0. The standard InChI is InChI=1S/C20H18O4/c21-19(22)11-12-24-17-9-5-14(6-10-17)13-16-8-7-15-3-1-2-4-18(15)20(16)23/h1-6,9-10,13H,7-8,11-12H2,(H,21,22)/b16-13-. The molecule has 24 heavy (non-hydrogen) atoms. The zero-order valence-corrected chi connectivity index (χ0v) is 13.2. The van der Waals surface area contributed by atoms with Crippen molar-refractivity contribution in [3.05, 3.63) is 70.8 Å². The largest absolute Gasteiger partial charge is 0.493 e. The van der Waals surface area contributed by atoms with Crippen LogP contribution in [0.25, 0.3) is 6.08 Å². The van der Waals surface area contributed by atoms with Gasteiger partial charge in [-0.15, -0.1) is 0 Å². The van der Waals surface area contributed by atoms with E-state index in [9.17, 15) is 9.59 Å². The number of ether oxygens (including phenoxy) is 1. The van der Waals surface area contributed by atoms with E-state index in [1.807, 2.05) is 42.5 Å². The maximum absolute atomic E-state index is 12.5. The number of aliphatic carboxylic acids is 1. The van der Waals surface area contributed by atoms with E-state index in [-0.39, 0.29) is 18.8 Å². The normalized spacial score (nSPS) is 15.2. The van der Waals surface area contributed by atoms with Crippen LogP contribution in [-0.4, -0.2) is 23.5 Å². The Morgan fingerprint density at radius 3 is 2.58 bits per heavy atom. The fraction of sp³-hybridized carbons (Fsp3) is 0.200. The number of benzene rings is 2. The molecule has 2 aromatic carbocycles. The van der Waals surface area contributed by atoms with Crippen LogP contribution < -0.4 is 4.74 Å². The minimum Gasteiger partial charge on any atom is -0.493 e. The van der Waals surface area contributed by atoms with Crippen molar-refractivity contribution in [3.63, 3.8) is 0 Å². The molecule has 0 atom stereocenters. The van der Waals surface area contributed by atoms with Gasteiger partial charge in [-0.1, -0.05) is 36.4 Å². The van der Waals surface area contributed by atoms with E-state index in [1.54, 1.807) is 12.1 Å². The second-order valence-corrected chi connectivity index (χ2v) is 5.72. The zero-order chi connectivity index (χ0) is 16.9. The summed E-state index contributed by atoms with van der Waals surface area (Å²) in [4.78, 5) is 23.0. The number of carbonyl (C=O) groups is 2. The first-order valence-electron chi connectivity index (χ1n) is 7.91. The van der Waals surface area contributed by atoms with E-state index < -0.39 is 5.97 Å². The molecule has 4 nitrogen and oxygen atoms in total. The molecule has 0 fully saturated rings. The summed E-state index contributed by atoms with van der Waals surface area (Å²) in [5, 5.41) is 8.59. The van der Waals surface area contributed by atoms with Gasteiger partial charge in [0.15, 0.2) is 5.78 Å². The van der Waals surface area contributed by atoms with Gasteiger partial charge in [0.1, 0.15) is 5.75 Å². The Labute approximate surface area is 140 Å². The van der Waals surface area contributed by atoms with Gasteiger partial charge in [0.25, 0.3) is 0 Å². The molecule has 0 radical (unpaired) electrons. The number of ketones is 1. The molecule has 0 bridgehead atoms. The average molecular weight is 322 g/mol. The Balaban J connectivity index is 1.70. The Hall–Kier alpha value is -2.88. The number of aryl methyl sites for hydroxylation is 1. The van der Waals surface area contributed by atoms with E-state index in [4.69, 9.17) is 9.84 Å². The number of carboxylic acids is 1. The molecular weight excluding hydrogens is 304 g/mol. The molecule has 0 saturated heterocycles. The lowest BCUT2D eigenvalue weighted by atomic mass is 9.86. The third-order valence-corrected chi connectivity index (χ3v) is 4.02. The number of allylic oxidation sites excluding steroid dienone is 1. The maximum atomic E-state index is 12.5. The van der Waals surface area contributed by atoms with Crippen molar-refractivity contribution in [3.8, 4) is 5.75 Å². The smallest absolute Gasteiger partial charge is 0.306 e. The highest BCUT2D eigenvalue weighted by molar-refractivity contribution is 6.13. The Kier molecular flexibility index (Phi) is 4.75. The summed E-state index contributed by atoms with van der Waals surface area (Å²) in [6.07, 6.45) is 3.51. The third-order valence-electron chi connectivity index (χ3n) is 4.02. The molecule has 1 N–H and O–H groups in total. The zero-order valence-electron chi connectivity index (χ0n) is 13.2. The predicted octanol–water partition coefficient (Wildman–Crippen LogP) is 3.75. The molecule has 0 unspecified atom stereocenters. The quantitative estimate of drug-likeness (QED) is 0.852. The van der Waals surface area contributed by atoms with Crippen molar-refractivity contribution < 1.29 is 19.4 Å². The van der Waals surface area contributed by atoms with Crippen LogP contribution in [0.15, 0.2) is 54.1 Å². The van der Waals surface area contributed by atoms with Crippen LogP contribution in [0.4, 0.5) is 0 Å². The monoisotopic (exact) mass is 322 g/mol. The van der Waals surface area contributed by atoms with Crippen LogP contribution >= 0.6 is 0 Å². The van der Waals surface area contributed by atoms with Gasteiger partial charge >= 0.3 is 5.97 Å². The van der Waals surface area contributed by atoms with E-state index in [0.29, 0.717) is 5.75 Å². The maximum Gasteiger partial charge on any atom is 0.306 e. The Morgan fingerprint density at radius 1 is 1.08 bits per heavy atom. The minimum atomic E-state index is -0.882. The molecular formula is C20H18O4. The van der Waals surface area contributed by atoms with Crippen molar-refractivity contribution in [2.45, 2.75) is 19.3 Å². The van der Waals surface area contributed by atoms with Gasteiger partial charge < -0.3 is 9.84 Å².